The van der Waals surface area contributed by atoms with E-state index in [9.17, 15) is 4.79 Å². The Kier molecular flexibility index (Phi) is 8.44. The number of carbonyl (C=O) groups excluding carboxylic acids is 1. The summed E-state index contributed by atoms with van der Waals surface area (Å²) in [6.07, 6.45) is -0.270. The van der Waals surface area contributed by atoms with Crippen LogP contribution in [0.15, 0.2) is 60.7 Å². The van der Waals surface area contributed by atoms with E-state index in [2.05, 4.69) is 0 Å². The Bertz CT molecular complexity index is 1060. The summed E-state index contributed by atoms with van der Waals surface area (Å²) in [7, 11) is 0. The Labute approximate surface area is 195 Å². The van der Waals surface area contributed by atoms with E-state index in [1.165, 1.54) is 6.92 Å². The van der Waals surface area contributed by atoms with Crippen LogP contribution in [0.3, 0.4) is 0 Å². The van der Waals surface area contributed by atoms with Crippen molar-refractivity contribution in [2.45, 2.75) is 46.8 Å². The number of rotatable bonds is 10. The largest absolute Gasteiger partial charge is 0.491 e. The van der Waals surface area contributed by atoms with Crippen molar-refractivity contribution in [1.82, 2.24) is 4.98 Å². The van der Waals surface area contributed by atoms with E-state index < -0.39 is 6.10 Å². The van der Waals surface area contributed by atoms with Crippen molar-refractivity contribution in [3.05, 3.63) is 71.9 Å². The fraction of sp³-hybridized carbons (Fsp3) is 0.333. The van der Waals surface area contributed by atoms with Gasteiger partial charge >= 0.3 is 5.97 Å². The molecule has 0 spiro atoms. The molecule has 0 aliphatic heterocycles. The van der Waals surface area contributed by atoms with Gasteiger partial charge < -0.3 is 18.9 Å². The lowest BCUT2D eigenvalue weighted by molar-refractivity contribution is -0.131. The van der Waals surface area contributed by atoms with Gasteiger partial charge in [0.15, 0.2) is 6.10 Å². The standard InChI is InChI=1S/C27H31NO5/c1-6-30-17-27(33-23-14-15-26(19(4)16-23)32-20(5)29)25-9-7-8-24(28-25)21-10-12-22(13-11-21)31-18(2)3/h7-16,18,27H,6,17H2,1-5H3/t27-/m1/s1. The Balaban J connectivity index is 1.83. The number of pyridine rings is 1. The van der Waals surface area contributed by atoms with Gasteiger partial charge in [-0.15, -0.1) is 0 Å². The van der Waals surface area contributed by atoms with Crippen molar-refractivity contribution in [2.75, 3.05) is 13.2 Å². The summed E-state index contributed by atoms with van der Waals surface area (Å²) in [4.78, 5) is 16.1. The molecule has 0 radical (unpaired) electrons. The number of aryl methyl sites for hydroxylation is 1. The normalized spacial score (nSPS) is 11.8. The Morgan fingerprint density at radius 1 is 0.970 bits per heavy atom. The topological polar surface area (TPSA) is 66.9 Å². The van der Waals surface area contributed by atoms with Crippen molar-refractivity contribution in [1.29, 1.82) is 0 Å². The Hall–Kier alpha value is -3.38. The van der Waals surface area contributed by atoms with Gasteiger partial charge in [-0.3, -0.25) is 4.79 Å². The van der Waals surface area contributed by atoms with E-state index in [1.807, 2.05) is 76.2 Å². The second-order valence-electron chi connectivity index (χ2n) is 7.93. The molecule has 1 aromatic heterocycles. The molecule has 0 aliphatic rings. The molecule has 1 heterocycles. The number of ether oxygens (including phenoxy) is 4. The summed E-state index contributed by atoms with van der Waals surface area (Å²) < 4.78 is 22.9. The van der Waals surface area contributed by atoms with Gasteiger partial charge in [0.05, 0.1) is 24.1 Å². The van der Waals surface area contributed by atoms with Crippen molar-refractivity contribution in [3.8, 4) is 28.5 Å². The van der Waals surface area contributed by atoms with E-state index in [-0.39, 0.29) is 12.1 Å². The van der Waals surface area contributed by atoms with E-state index in [0.29, 0.717) is 24.7 Å². The SMILES string of the molecule is CCOC[C@@H](Oc1ccc(OC(C)=O)c(C)c1)c1cccc(-c2ccc(OC(C)C)cc2)n1. The number of hydrogen-bond donors (Lipinski definition) is 0. The third-order valence-electron chi connectivity index (χ3n) is 4.77. The molecule has 174 valence electrons. The van der Waals surface area contributed by atoms with Crippen molar-refractivity contribution < 1.29 is 23.7 Å². The van der Waals surface area contributed by atoms with Crippen LogP contribution in [0.2, 0.25) is 0 Å². The first-order valence-electron chi connectivity index (χ1n) is 11.1. The molecule has 2 aromatic carbocycles. The minimum absolute atomic E-state index is 0.125. The fourth-order valence-electron chi connectivity index (χ4n) is 3.30. The van der Waals surface area contributed by atoms with Crippen LogP contribution < -0.4 is 14.2 Å². The lowest BCUT2D eigenvalue weighted by Gasteiger charge is -2.20. The predicted octanol–water partition coefficient (Wildman–Crippen LogP) is 5.93. The smallest absolute Gasteiger partial charge is 0.308 e. The van der Waals surface area contributed by atoms with E-state index in [1.54, 1.807) is 12.1 Å². The maximum atomic E-state index is 11.3. The monoisotopic (exact) mass is 449 g/mol. The maximum Gasteiger partial charge on any atom is 0.308 e. The molecule has 0 unspecified atom stereocenters. The van der Waals surface area contributed by atoms with Crippen molar-refractivity contribution >= 4 is 5.97 Å². The van der Waals surface area contributed by atoms with Gasteiger partial charge in [-0.2, -0.15) is 0 Å². The van der Waals surface area contributed by atoms with Gasteiger partial charge in [0.1, 0.15) is 17.2 Å². The molecule has 1 atom stereocenters. The van der Waals surface area contributed by atoms with Gasteiger partial charge in [0, 0.05) is 19.1 Å². The van der Waals surface area contributed by atoms with Crippen LogP contribution in [-0.4, -0.2) is 30.3 Å². The molecule has 0 bridgehead atoms. The lowest BCUT2D eigenvalue weighted by Crippen LogP contribution is -2.16. The van der Waals surface area contributed by atoms with Gasteiger partial charge in [0.25, 0.3) is 0 Å². The van der Waals surface area contributed by atoms with Crippen LogP contribution >= 0.6 is 0 Å². The summed E-state index contributed by atoms with van der Waals surface area (Å²) >= 11 is 0. The molecule has 33 heavy (non-hydrogen) atoms. The number of esters is 1. The van der Waals surface area contributed by atoms with Crippen LogP contribution in [0.1, 0.15) is 45.1 Å². The van der Waals surface area contributed by atoms with Gasteiger partial charge in [-0.05, 0) is 87.9 Å². The van der Waals surface area contributed by atoms with Crippen LogP contribution in [0.5, 0.6) is 17.2 Å². The molecule has 0 aliphatic carbocycles. The Morgan fingerprint density at radius 3 is 2.33 bits per heavy atom. The summed E-state index contributed by atoms with van der Waals surface area (Å²) in [6, 6.07) is 19.1. The molecule has 6 heteroatoms. The molecule has 3 rings (SSSR count). The number of hydrogen-bond acceptors (Lipinski definition) is 6. The molecular formula is C27H31NO5. The quantitative estimate of drug-likeness (QED) is 0.282. The van der Waals surface area contributed by atoms with Gasteiger partial charge in [-0.1, -0.05) is 6.07 Å². The number of carbonyl (C=O) groups is 1. The summed E-state index contributed by atoms with van der Waals surface area (Å²) in [6.45, 7) is 10.1. The third-order valence-corrected chi connectivity index (χ3v) is 4.77. The highest BCUT2D eigenvalue weighted by atomic mass is 16.5. The first-order valence-corrected chi connectivity index (χ1v) is 11.1. The average molecular weight is 450 g/mol. The number of benzene rings is 2. The minimum atomic E-state index is -0.396. The lowest BCUT2D eigenvalue weighted by atomic mass is 10.1. The number of nitrogens with zero attached hydrogens (tertiary/aromatic N) is 1. The maximum absolute atomic E-state index is 11.3. The van der Waals surface area contributed by atoms with Gasteiger partial charge in [0.2, 0.25) is 0 Å². The molecular weight excluding hydrogens is 418 g/mol. The second kappa shape index (κ2) is 11.5. The van der Waals surface area contributed by atoms with E-state index >= 15 is 0 Å². The Morgan fingerprint density at radius 2 is 1.70 bits per heavy atom. The van der Waals surface area contributed by atoms with Crippen LogP contribution in [0.25, 0.3) is 11.3 Å². The van der Waals surface area contributed by atoms with Crippen LogP contribution in [0, 0.1) is 6.92 Å². The third kappa shape index (κ3) is 7.05. The fourth-order valence-corrected chi connectivity index (χ4v) is 3.30. The van der Waals surface area contributed by atoms with E-state index in [0.717, 1.165) is 28.3 Å². The molecule has 0 saturated carbocycles. The minimum Gasteiger partial charge on any atom is -0.491 e. The van der Waals surface area contributed by atoms with Crippen LogP contribution in [0.4, 0.5) is 0 Å². The molecule has 0 N–H and O–H groups in total. The molecule has 0 amide bonds. The zero-order valence-electron chi connectivity index (χ0n) is 19.8. The highest BCUT2D eigenvalue weighted by Gasteiger charge is 2.17. The van der Waals surface area contributed by atoms with Crippen LogP contribution in [-0.2, 0) is 9.53 Å². The highest BCUT2D eigenvalue weighted by molar-refractivity contribution is 5.70. The predicted molar refractivity (Wildman–Crippen MR) is 128 cm³/mol. The van der Waals surface area contributed by atoms with Crippen molar-refractivity contribution in [2.24, 2.45) is 0 Å². The second-order valence-corrected chi connectivity index (χ2v) is 7.93. The first kappa shape index (κ1) is 24.3. The summed E-state index contributed by atoms with van der Waals surface area (Å²) in [5.41, 5.74) is 3.41. The molecule has 0 saturated heterocycles. The highest BCUT2D eigenvalue weighted by Crippen LogP contribution is 2.29. The first-order chi connectivity index (χ1) is 15.9. The zero-order valence-corrected chi connectivity index (χ0v) is 19.8. The molecule has 3 aromatic rings. The molecule has 6 nitrogen and oxygen atoms in total. The number of aromatic nitrogens is 1. The van der Waals surface area contributed by atoms with Crippen molar-refractivity contribution in [3.63, 3.8) is 0 Å². The average Bonchev–Trinajstić information content (AvgIpc) is 2.78. The van der Waals surface area contributed by atoms with Gasteiger partial charge in [-0.25, -0.2) is 4.98 Å². The molecule has 0 fully saturated rings. The summed E-state index contributed by atoms with van der Waals surface area (Å²) in [5, 5.41) is 0. The van der Waals surface area contributed by atoms with E-state index in [4.69, 9.17) is 23.9 Å². The summed E-state index contributed by atoms with van der Waals surface area (Å²) in [5.74, 6) is 1.64. The zero-order chi connectivity index (χ0) is 23.8.